The highest BCUT2D eigenvalue weighted by Gasteiger charge is 2.61. The average molecular weight is 354 g/mol. The molecule has 1 heterocycles. The van der Waals surface area contributed by atoms with Gasteiger partial charge in [0.15, 0.2) is 17.9 Å². The van der Waals surface area contributed by atoms with E-state index < -0.39 is 0 Å². The Balaban J connectivity index is 1.78. The average Bonchev–Trinajstić information content (AvgIpc) is 2.38. The third kappa shape index (κ3) is 1.60. The van der Waals surface area contributed by atoms with Crippen LogP contribution in [0.25, 0.3) is 0 Å². The second-order valence-corrected chi connectivity index (χ2v) is 7.86. The normalized spacial score (nSPS) is 45.4. The molecule has 2 unspecified atom stereocenters. The Morgan fingerprint density at radius 1 is 1.00 bits per heavy atom. The van der Waals surface area contributed by atoms with Crippen molar-refractivity contribution < 1.29 is 4.57 Å². The summed E-state index contributed by atoms with van der Waals surface area (Å²) in [7, 11) is 0. The number of hydrogen-bond acceptors (Lipinski definition) is 0. The molecule has 2 heteroatoms. The second-order valence-electron chi connectivity index (χ2n) is 7.10. The van der Waals surface area contributed by atoms with E-state index in [9.17, 15) is 0 Å². The van der Waals surface area contributed by atoms with E-state index in [-0.39, 0.29) is 0 Å². The van der Waals surface area contributed by atoms with Gasteiger partial charge in [-0.1, -0.05) is 28.7 Å². The van der Waals surface area contributed by atoms with Crippen LogP contribution in [-0.2, 0) is 5.54 Å². The van der Waals surface area contributed by atoms with Crippen LogP contribution in [0.15, 0.2) is 30.6 Å². The number of hydrogen-bond donors (Lipinski definition) is 0. The van der Waals surface area contributed by atoms with Gasteiger partial charge < -0.3 is 0 Å². The van der Waals surface area contributed by atoms with Crippen molar-refractivity contribution >= 4 is 22.6 Å². The maximum atomic E-state index is 2.65. The van der Waals surface area contributed by atoms with Crippen molar-refractivity contribution in [3.8, 4) is 0 Å². The van der Waals surface area contributed by atoms with Gasteiger partial charge in [-0.3, -0.25) is 0 Å². The van der Waals surface area contributed by atoms with E-state index in [0.29, 0.717) is 11.0 Å². The van der Waals surface area contributed by atoms with E-state index in [2.05, 4.69) is 57.8 Å². The van der Waals surface area contributed by atoms with Gasteiger partial charge in [0.25, 0.3) is 0 Å². The first kappa shape index (κ1) is 11.7. The van der Waals surface area contributed by atoms with Crippen LogP contribution in [0.5, 0.6) is 0 Å². The van der Waals surface area contributed by atoms with Crippen LogP contribution in [0.3, 0.4) is 0 Å². The summed E-state index contributed by atoms with van der Waals surface area (Å²) in [5.74, 6) is 2.02. The first-order valence-corrected chi connectivity index (χ1v) is 8.79. The molecule has 0 radical (unpaired) electrons. The Kier molecular flexibility index (Phi) is 2.56. The van der Waals surface area contributed by atoms with Crippen molar-refractivity contribution in [2.45, 2.75) is 44.1 Å². The number of halogens is 1. The summed E-state index contributed by atoms with van der Waals surface area (Å²) in [6, 6.07) is 6.55. The number of aromatic nitrogens is 1. The predicted molar refractivity (Wildman–Crippen MR) is 80.6 cm³/mol. The zero-order valence-electron chi connectivity index (χ0n) is 10.8. The minimum atomic E-state index is 0.469. The smallest absolute Gasteiger partial charge is 0.169 e. The largest absolute Gasteiger partial charge is 0.200 e. The highest BCUT2D eigenvalue weighted by Crippen LogP contribution is 2.63. The Morgan fingerprint density at radius 3 is 2.28 bits per heavy atom. The zero-order chi connectivity index (χ0) is 12.2. The molecule has 4 bridgehead atoms. The highest BCUT2D eigenvalue weighted by atomic mass is 127. The van der Waals surface area contributed by atoms with Crippen LogP contribution in [0.2, 0.25) is 0 Å². The molecule has 2 atom stereocenters. The lowest BCUT2D eigenvalue weighted by atomic mass is 9.47. The molecule has 4 saturated carbocycles. The van der Waals surface area contributed by atoms with Crippen LogP contribution < -0.4 is 4.57 Å². The van der Waals surface area contributed by atoms with Gasteiger partial charge in [-0.15, -0.1) is 0 Å². The van der Waals surface area contributed by atoms with E-state index in [0.717, 1.165) is 11.8 Å². The molecule has 1 nitrogen and oxygen atoms in total. The van der Waals surface area contributed by atoms with E-state index in [1.165, 1.54) is 43.0 Å². The molecule has 0 aliphatic heterocycles. The molecule has 4 aliphatic rings. The van der Waals surface area contributed by atoms with Gasteiger partial charge in [0.1, 0.15) is 0 Å². The molecule has 0 saturated heterocycles. The monoisotopic (exact) mass is 354 g/mol. The number of alkyl halides is 1. The fraction of sp³-hybridized carbons (Fsp3) is 0.688. The predicted octanol–water partition coefficient (Wildman–Crippen LogP) is 3.70. The maximum absolute atomic E-state index is 2.65. The molecule has 0 aromatic carbocycles. The maximum Gasteiger partial charge on any atom is 0.169 e. The van der Waals surface area contributed by atoms with Crippen LogP contribution in [0, 0.1) is 17.3 Å². The Morgan fingerprint density at radius 2 is 1.67 bits per heavy atom. The quantitative estimate of drug-likeness (QED) is 0.433. The molecule has 5 rings (SSSR count). The van der Waals surface area contributed by atoms with Crippen molar-refractivity contribution in [3.63, 3.8) is 0 Å². The molecule has 0 N–H and O–H groups in total. The second kappa shape index (κ2) is 3.94. The lowest BCUT2D eigenvalue weighted by molar-refractivity contribution is -0.778. The van der Waals surface area contributed by atoms with Gasteiger partial charge in [-0.2, -0.15) is 4.57 Å². The number of nitrogens with zero attached hydrogens (tertiary/aromatic N) is 1. The third-order valence-corrected chi connectivity index (χ3v) is 7.32. The Labute approximate surface area is 123 Å². The first-order valence-electron chi connectivity index (χ1n) is 7.26. The van der Waals surface area contributed by atoms with Crippen LogP contribution in [0.4, 0.5) is 0 Å². The van der Waals surface area contributed by atoms with Gasteiger partial charge in [0, 0.05) is 35.8 Å². The van der Waals surface area contributed by atoms with E-state index in [1.54, 1.807) is 0 Å². The van der Waals surface area contributed by atoms with Gasteiger partial charge in [-0.25, -0.2) is 0 Å². The van der Waals surface area contributed by atoms with E-state index in [4.69, 9.17) is 0 Å². The molecule has 1 aromatic heterocycles. The summed E-state index contributed by atoms with van der Waals surface area (Å²) >= 11 is 2.65. The highest BCUT2D eigenvalue weighted by molar-refractivity contribution is 14.1. The summed E-state index contributed by atoms with van der Waals surface area (Å²) in [4.78, 5) is 0. The Hall–Kier alpha value is -0.120. The summed E-state index contributed by atoms with van der Waals surface area (Å²) in [5, 5.41) is 0. The van der Waals surface area contributed by atoms with Crippen LogP contribution >= 0.6 is 22.6 Å². The van der Waals surface area contributed by atoms with Crippen molar-refractivity contribution in [3.05, 3.63) is 30.6 Å². The molecular weight excluding hydrogens is 333 g/mol. The number of pyridine rings is 1. The summed E-state index contributed by atoms with van der Waals surface area (Å²) in [6.07, 6.45) is 13.5. The van der Waals surface area contributed by atoms with E-state index >= 15 is 0 Å². The van der Waals surface area contributed by atoms with Gasteiger partial charge in [-0.05, 0) is 36.5 Å². The topological polar surface area (TPSA) is 3.88 Å². The van der Waals surface area contributed by atoms with Gasteiger partial charge in [0.2, 0.25) is 0 Å². The molecule has 4 fully saturated rings. The minimum Gasteiger partial charge on any atom is -0.200 e. The molecule has 1 aromatic rings. The summed E-state index contributed by atoms with van der Waals surface area (Å²) in [6.45, 7) is 0. The third-order valence-electron chi connectivity index (χ3n) is 5.70. The fourth-order valence-corrected chi connectivity index (χ4v) is 6.47. The molecule has 18 heavy (non-hydrogen) atoms. The van der Waals surface area contributed by atoms with Crippen molar-refractivity contribution in [1.82, 2.24) is 0 Å². The van der Waals surface area contributed by atoms with Crippen LogP contribution in [-0.4, -0.2) is 4.43 Å². The number of rotatable bonds is 2. The lowest BCUT2D eigenvalue weighted by Gasteiger charge is -2.58. The van der Waals surface area contributed by atoms with Crippen molar-refractivity contribution in [1.29, 1.82) is 0 Å². The SMILES string of the molecule is ICC12CC3CC(C1)CC([n+]1ccccc1)(C3)C2. The van der Waals surface area contributed by atoms with Crippen LogP contribution in [0.1, 0.15) is 38.5 Å². The molecule has 96 valence electrons. The van der Waals surface area contributed by atoms with Gasteiger partial charge >= 0.3 is 0 Å². The van der Waals surface area contributed by atoms with Gasteiger partial charge in [0.05, 0.1) is 0 Å². The molecule has 0 spiro atoms. The zero-order valence-corrected chi connectivity index (χ0v) is 13.0. The summed E-state index contributed by atoms with van der Waals surface area (Å²) < 4.78 is 3.93. The fourth-order valence-electron chi connectivity index (χ4n) is 5.58. The molecule has 4 aliphatic carbocycles. The van der Waals surface area contributed by atoms with Crippen molar-refractivity contribution in [2.75, 3.05) is 4.43 Å². The summed E-state index contributed by atoms with van der Waals surface area (Å²) in [5.41, 5.74) is 1.14. The van der Waals surface area contributed by atoms with E-state index in [1.807, 2.05) is 0 Å². The minimum absolute atomic E-state index is 0.469. The molecule has 0 amide bonds. The lowest BCUT2D eigenvalue weighted by Crippen LogP contribution is -2.67. The Bertz CT molecular complexity index is 441. The van der Waals surface area contributed by atoms with Crippen molar-refractivity contribution in [2.24, 2.45) is 17.3 Å². The first-order chi connectivity index (χ1) is 8.74. The standard InChI is InChI=1S/C16H21IN/c17-12-15-7-13-6-14(8-15)10-16(9-13,11-15)18-4-2-1-3-5-18/h1-5,13-14H,6-12H2/q+1. The molecular formula is C16H21IN+.